The normalized spacial score (nSPS) is 16.8. The molecule has 1 aliphatic heterocycles. The van der Waals surface area contributed by atoms with Crippen molar-refractivity contribution in [2.24, 2.45) is 0 Å². The van der Waals surface area contributed by atoms with Gasteiger partial charge >= 0.3 is 0 Å². The fourth-order valence-corrected chi connectivity index (χ4v) is 4.00. The fourth-order valence-electron chi connectivity index (χ4n) is 4.00. The highest BCUT2D eigenvalue weighted by molar-refractivity contribution is 5.96. The number of hydrogen-bond donors (Lipinski definition) is 0. The molecule has 1 aromatic carbocycles. The van der Waals surface area contributed by atoms with Crippen molar-refractivity contribution in [2.45, 2.75) is 32.7 Å². The number of aromatic nitrogens is 2. The summed E-state index contributed by atoms with van der Waals surface area (Å²) in [7, 11) is 0. The van der Waals surface area contributed by atoms with Crippen molar-refractivity contribution in [3.63, 3.8) is 0 Å². The maximum absolute atomic E-state index is 13.3. The van der Waals surface area contributed by atoms with Crippen molar-refractivity contribution in [1.29, 1.82) is 0 Å². The van der Waals surface area contributed by atoms with Gasteiger partial charge in [-0.1, -0.05) is 36.4 Å². The van der Waals surface area contributed by atoms with Crippen LogP contribution in [0.5, 0.6) is 0 Å². The number of amides is 1. The van der Waals surface area contributed by atoms with Gasteiger partial charge in [-0.25, -0.2) is 4.98 Å². The van der Waals surface area contributed by atoms with Crippen LogP contribution in [0.25, 0.3) is 5.82 Å². The van der Waals surface area contributed by atoms with Crippen molar-refractivity contribution < 1.29 is 4.79 Å². The minimum Gasteiger partial charge on any atom is -0.332 e. The van der Waals surface area contributed by atoms with Crippen LogP contribution < -0.4 is 0 Å². The third kappa shape index (κ3) is 2.81. The van der Waals surface area contributed by atoms with Gasteiger partial charge in [0.1, 0.15) is 5.82 Å². The van der Waals surface area contributed by atoms with E-state index in [1.54, 1.807) is 6.20 Å². The van der Waals surface area contributed by atoms with Gasteiger partial charge in [0, 0.05) is 24.1 Å². The molecule has 26 heavy (non-hydrogen) atoms. The van der Waals surface area contributed by atoms with Crippen LogP contribution in [0.4, 0.5) is 0 Å². The summed E-state index contributed by atoms with van der Waals surface area (Å²) in [5.41, 5.74) is 3.97. The zero-order chi connectivity index (χ0) is 18.1. The third-order valence-corrected chi connectivity index (χ3v) is 5.24. The molecule has 4 heteroatoms. The molecule has 3 heterocycles. The van der Waals surface area contributed by atoms with Crippen LogP contribution >= 0.6 is 0 Å². The number of nitrogens with zero attached hydrogens (tertiary/aromatic N) is 3. The Morgan fingerprint density at radius 2 is 1.85 bits per heavy atom. The zero-order valence-electron chi connectivity index (χ0n) is 15.2. The summed E-state index contributed by atoms with van der Waals surface area (Å²) in [5.74, 6) is 0.967. The van der Waals surface area contributed by atoms with E-state index in [4.69, 9.17) is 0 Å². The highest BCUT2D eigenvalue weighted by Gasteiger charge is 2.32. The van der Waals surface area contributed by atoms with E-state index in [9.17, 15) is 4.79 Å². The summed E-state index contributed by atoms with van der Waals surface area (Å²) in [6.45, 7) is 4.84. The van der Waals surface area contributed by atoms with Crippen molar-refractivity contribution in [1.82, 2.24) is 14.5 Å². The number of likely N-dealkylation sites (tertiary alicyclic amines) is 1. The number of benzene rings is 1. The summed E-state index contributed by atoms with van der Waals surface area (Å²) in [6, 6.07) is 18.3. The van der Waals surface area contributed by atoms with Crippen LogP contribution in [0.2, 0.25) is 0 Å². The molecular formula is C22H23N3O. The Labute approximate surface area is 154 Å². The molecule has 1 amide bonds. The molecule has 3 aromatic rings. The lowest BCUT2D eigenvalue weighted by atomic mass is 10.0. The minimum absolute atomic E-state index is 0.117. The van der Waals surface area contributed by atoms with Crippen LogP contribution in [0.1, 0.15) is 46.2 Å². The number of carbonyl (C=O) groups is 1. The van der Waals surface area contributed by atoms with Gasteiger partial charge in [-0.2, -0.15) is 0 Å². The monoisotopic (exact) mass is 345 g/mol. The first kappa shape index (κ1) is 16.6. The Hall–Kier alpha value is -2.88. The molecule has 1 saturated heterocycles. The predicted molar refractivity (Wildman–Crippen MR) is 102 cm³/mol. The summed E-state index contributed by atoms with van der Waals surface area (Å²) < 4.78 is 2.06. The van der Waals surface area contributed by atoms with Gasteiger partial charge in [-0.3, -0.25) is 4.79 Å². The van der Waals surface area contributed by atoms with Crippen LogP contribution in [-0.2, 0) is 0 Å². The van der Waals surface area contributed by atoms with E-state index in [0.717, 1.165) is 42.2 Å². The first-order valence-corrected chi connectivity index (χ1v) is 9.13. The average molecular weight is 345 g/mol. The summed E-state index contributed by atoms with van der Waals surface area (Å²) >= 11 is 0. The highest BCUT2D eigenvalue weighted by atomic mass is 16.2. The molecule has 0 unspecified atom stereocenters. The quantitative estimate of drug-likeness (QED) is 0.702. The van der Waals surface area contributed by atoms with Crippen LogP contribution in [-0.4, -0.2) is 26.9 Å². The molecule has 132 valence electrons. The Morgan fingerprint density at radius 3 is 2.58 bits per heavy atom. The maximum Gasteiger partial charge on any atom is 0.256 e. The smallest absolute Gasteiger partial charge is 0.256 e. The molecule has 4 rings (SSSR count). The van der Waals surface area contributed by atoms with Gasteiger partial charge in [0.15, 0.2) is 0 Å². The summed E-state index contributed by atoms with van der Waals surface area (Å²) in [4.78, 5) is 19.8. The molecule has 0 spiro atoms. The van der Waals surface area contributed by atoms with E-state index in [2.05, 4.69) is 21.7 Å². The van der Waals surface area contributed by atoms with Crippen molar-refractivity contribution in [3.8, 4) is 5.82 Å². The van der Waals surface area contributed by atoms with E-state index in [0.29, 0.717) is 0 Å². The summed E-state index contributed by atoms with van der Waals surface area (Å²) in [6.07, 6.45) is 3.85. The first-order valence-electron chi connectivity index (χ1n) is 9.13. The third-order valence-electron chi connectivity index (χ3n) is 5.24. The van der Waals surface area contributed by atoms with E-state index in [1.165, 1.54) is 5.56 Å². The largest absolute Gasteiger partial charge is 0.332 e. The van der Waals surface area contributed by atoms with Crippen LogP contribution in [0, 0.1) is 13.8 Å². The van der Waals surface area contributed by atoms with Crippen molar-refractivity contribution >= 4 is 5.91 Å². The molecule has 1 aliphatic rings. The Morgan fingerprint density at radius 1 is 1.08 bits per heavy atom. The second kappa shape index (κ2) is 6.79. The van der Waals surface area contributed by atoms with E-state index < -0.39 is 0 Å². The van der Waals surface area contributed by atoms with E-state index in [1.807, 2.05) is 61.2 Å². The SMILES string of the molecule is Cc1cc(C(=O)N2CCC[C@@H]2c2ccccc2)c(C)n1-c1ccccn1. The second-order valence-corrected chi connectivity index (χ2v) is 6.88. The van der Waals surface area contributed by atoms with E-state index in [-0.39, 0.29) is 11.9 Å². The molecular weight excluding hydrogens is 322 g/mol. The summed E-state index contributed by atoms with van der Waals surface area (Å²) in [5, 5.41) is 0. The molecule has 0 N–H and O–H groups in total. The number of aryl methyl sites for hydroxylation is 1. The fraction of sp³-hybridized carbons (Fsp3) is 0.273. The molecule has 1 atom stereocenters. The minimum atomic E-state index is 0.117. The Kier molecular flexibility index (Phi) is 4.33. The molecule has 2 aromatic heterocycles. The zero-order valence-corrected chi connectivity index (χ0v) is 15.2. The Bertz CT molecular complexity index is 915. The van der Waals surface area contributed by atoms with Gasteiger partial charge in [-0.05, 0) is 50.5 Å². The van der Waals surface area contributed by atoms with Crippen LogP contribution in [0.15, 0.2) is 60.8 Å². The van der Waals surface area contributed by atoms with Gasteiger partial charge < -0.3 is 9.47 Å². The maximum atomic E-state index is 13.3. The number of pyridine rings is 1. The molecule has 0 saturated carbocycles. The topological polar surface area (TPSA) is 38.1 Å². The number of hydrogen-bond acceptors (Lipinski definition) is 2. The van der Waals surface area contributed by atoms with Crippen molar-refractivity contribution in [2.75, 3.05) is 6.54 Å². The molecule has 0 bridgehead atoms. The van der Waals surface area contributed by atoms with Crippen molar-refractivity contribution in [3.05, 3.63) is 83.3 Å². The van der Waals surface area contributed by atoms with Gasteiger partial charge in [0.2, 0.25) is 0 Å². The molecule has 0 radical (unpaired) electrons. The standard InChI is InChI=1S/C22H23N3O/c1-16-15-19(17(2)25(16)21-12-6-7-13-23-21)22(26)24-14-8-11-20(24)18-9-4-3-5-10-18/h3-7,9-10,12-13,15,20H,8,11,14H2,1-2H3/t20-/m1/s1. The lowest BCUT2D eigenvalue weighted by molar-refractivity contribution is 0.0735. The van der Waals surface area contributed by atoms with E-state index >= 15 is 0 Å². The number of rotatable bonds is 3. The molecule has 1 fully saturated rings. The van der Waals surface area contributed by atoms with Gasteiger partial charge in [0.25, 0.3) is 5.91 Å². The highest BCUT2D eigenvalue weighted by Crippen LogP contribution is 2.34. The van der Waals surface area contributed by atoms with Gasteiger partial charge in [-0.15, -0.1) is 0 Å². The molecule has 4 nitrogen and oxygen atoms in total. The Balaban J connectivity index is 1.69. The lowest BCUT2D eigenvalue weighted by Gasteiger charge is -2.25. The van der Waals surface area contributed by atoms with Gasteiger partial charge in [0.05, 0.1) is 11.6 Å². The number of carbonyl (C=O) groups excluding carboxylic acids is 1. The lowest BCUT2D eigenvalue weighted by Crippen LogP contribution is -2.30. The predicted octanol–water partition coefficient (Wildman–Crippen LogP) is 4.47. The van der Waals surface area contributed by atoms with Crippen LogP contribution in [0.3, 0.4) is 0 Å². The first-order chi connectivity index (χ1) is 12.7. The average Bonchev–Trinajstić information content (AvgIpc) is 3.27. The second-order valence-electron chi connectivity index (χ2n) is 6.88. The molecule has 0 aliphatic carbocycles.